The molecule has 1 aromatic heterocycles. The van der Waals surface area contributed by atoms with Gasteiger partial charge in [-0.15, -0.1) is 6.58 Å². The number of amides is 1. The Balaban J connectivity index is 2.67. The molecule has 0 fully saturated rings. The van der Waals surface area contributed by atoms with Crippen molar-refractivity contribution >= 4 is 11.9 Å². The number of aromatic nitrogens is 2. The maximum atomic E-state index is 12.4. The van der Waals surface area contributed by atoms with Crippen molar-refractivity contribution in [2.45, 2.75) is 70.8 Å². The van der Waals surface area contributed by atoms with E-state index in [-0.39, 0.29) is 24.1 Å². The summed E-state index contributed by atoms with van der Waals surface area (Å²) >= 11 is 0. The van der Waals surface area contributed by atoms with Crippen LogP contribution in [0.1, 0.15) is 75.2 Å². The first-order chi connectivity index (χ1) is 14.6. The van der Waals surface area contributed by atoms with E-state index in [0.717, 1.165) is 12.8 Å². The largest absolute Gasteiger partial charge is 0.481 e. The zero-order valence-corrected chi connectivity index (χ0v) is 17.7. The van der Waals surface area contributed by atoms with E-state index in [9.17, 15) is 9.59 Å². The number of carboxylic acid groups (broad SMARTS) is 1. The van der Waals surface area contributed by atoms with E-state index < -0.39 is 11.9 Å². The second-order valence-corrected chi connectivity index (χ2v) is 7.01. The monoisotopic (exact) mass is 409 g/mol. The molecule has 0 aromatic carbocycles. The average Bonchev–Trinajstić information content (AvgIpc) is 2.75. The van der Waals surface area contributed by atoms with Crippen molar-refractivity contribution in [2.75, 3.05) is 0 Å². The molecule has 0 bridgehead atoms. The summed E-state index contributed by atoms with van der Waals surface area (Å²) in [6, 6.07) is -0.355. The molecule has 30 heavy (non-hydrogen) atoms. The van der Waals surface area contributed by atoms with E-state index in [2.05, 4.69) is 52.5 Å². The van der Waals surface area contributed by atoms with Crippen molar-refractivity contribution in [3.63, 3.8) is 0 Å². The minimum absolute atomic E-state index is 0.108. The van der Waals surface area contributed by atoms with Gasteiger partial charge < -0.3 is 10.4 Å². The highest BCUT2D eigenvalue weighted by Gasteiger charge is 2.12. The van der Waals surface area contributed by atoms with Crippen LogP contribution in [0.3, 0.4) is 0 Å². The molecule has 1 amide bonds. The molecule has 6 nitrogen and oxygen atoms in total. The zero-order chi connectivity index (χ0) is 22.0. The smallest absolute Gasteiger partial charge is 0.304 e. The Kier molecular flexibility index (Phi) is 13.1. The van der Waals surface area contributed by atoms with Crippen LogP contribution in [0.4, 0.5) is 0 Å². The molecule has 0 saturated carbocycles. The number of allylic oxidation sites excluding steroid dienone is 1. The number of carboxylic acids is 1. The van der Waals surface area contributed by atoms with Crippen molar-refractivity contribution in [3.05, 3.63) is 36.9 Å². The molecule has 2 atom stereocenters. The number of nitrogens with zero attached hydrogens (tertiary/aromatic N) is 2. The van der Waals surface area contributed by atoms with Crippen molar-refractivity contribution in [1.29, 1.82) is 0 Å². The molecule has 0 unspecified atom stereocenters. The van der Waals surface area contributed by atoms with Crippen molar-refractivity contribution in [2.24, 2.45) is 5.92 Å². The lowest BCUT2D eigenvalue weighted by Crippen LogP contribution is -2.34. The molecular weight excluding hydrogens is 378 g/mol. The first-order valence-electron chi connectivity index (χ1n) is 10.5. The van der Waals surface area contributed by atoms with Crippen molar-refractivity contribution < 1.29 is 14.7 Å². The third-order valence-electron chi connectivity index (χ3n) is 4.44. The van der Waals surface area contributed by atoms with E-state index in [0.29, 0.717) is 6.42 Å². The summed E-state index contributed by atoms with van der Waals surface area (Å²) in [6.07, 6.45) is 14.7. The van der Waals surface area contributed by atoms with Gasteiger partial charge in [0, 0.05) is 18.3 Å². The minimum Gasteiger partial charge on any atom is -0.481 e. The van der Waals surface area contributed by atoms with E-state index in [1.54, 1.807) is 0 Å². The lowest BCUT2D eigenvalue weighted by atomic mass is 10.0. The van der Waals surface area contributed by atoms with Gasteiger partial charge in [0.15, 0.2) is 0 Å². The van der Waals surface area contributed by atoms with Crippen molar-refractivity contribution in [1.82, 2.24) is 15.3 Å². The first kappa shape index (κ1) is 24.9. The normalized spacial score (nSPS) is 11.8. The summed E-state index contributed by atoms with van der Waals surface area (Å²) in [4.78, 5) is 31.1. The minimum atomic E-state index is -0.935. The van der Waals surface area contributed by atoms with Gasteiger partial charge in [-0.1, -0.05) is 69.8 Å². The van der Waals surface area contributed by atoms with Gasteiger partial charge in [0.05, 0.1) is 18.7 Å². The molecule has 0 spiro atoms. The molecule has 1 rings (SSSR count). The van der Waals surface area contributed by atoms with Crippen LogP contribution in [0, 0.1) is 29.6 Å². The predicted octanol–water partition coefficient (Wildman–Crippen LogP) is 4.00. The van der Waals surface area contributed by atoms with Crippen LogP contribution in [-0.2, 0) is 4.79 Å². The number of aliphatic carboxylic acids is 1. The number of hydrogen-bond donors (Lipinski definition) is 2. The third-order valence-corrected chi connectivity index (χ3v) is 4.44. The van der Waals surface area contributed by atoms with Crippen LogP contribution in [-0.4, -0.2) is 33.0 Å². The van der Waals surface area contributed by atoms with Crippen molar-refractivity contribution in [3.8, 4) is 23.7 Å². The van der Waals surface area contributed by atoms with Crippen LogP contribution in [0.2, 0.25) is 0 Å². The molecule has 2 N–H and O–H groups in total. The Morgan fingerprint density at radius 3 is 2.47 bits per heavy atom. The quantitative estimate of drug-likeness (QED) is 0.292. The summed E-state index contributed by atoms with van der Waals surface area (Å²) in [7, 11) is 0. The third kappa shape index (κ3) is 11.7. The van der Waals surface area contributed by atoms with E-state index in [1.165, 1.54) is 56.8 Å². The Bertz CT molecular complexity index is 785. The van der Waals surface area contributed by atoms with Crippen LogP contribution < -0.4 is 5.32 Å². The molecule has 1 heterocycles. The highest BCUT2D eigenvalue weighted by molar-refractivity contribution is 5.92. The maximum Gasteiger partial charge on any atom is 0.304 e. The summed E-state index contributed by atoms with van der Waals surface area (Å²) < 4.78 is 0. The second kappa shape index (κ2) is 15.8. The lowest BCUT2D eigenvalue weighted by molar-refractivity contribution is -0.137. The van der Waals surface area contributed by atoms with Gasteiger partial charge in [-0.2, -0.15) is 0 Å². The van der Waals surface area contributed by atoms with Gasteiger partial charge in [0.1, 0.15) is 5.69 Å². The fourth-order valence-corrected chi connectivity index (χ4v) is 2.77. The maximum absolute atomic E-state index is 12.4. The standard InChI is InChI=1S/C24H31N3O3/c1-3-5-6-7-8-9-10-14-21(27-24(30)22-19-25-16-17-26-22)15-12-11-13-20(4-2)18-23(28)29/h4,16-17,19-21H,2-3,5-10,14,18H2,1H3,(H,27,30)(H,28,29)/t20-,21+/m0/s1. The van der Waals surface area contributed by atoms with E-state index in [4.69, 9.17) is 5.11 Å². The second-order valence-electron chi connectivity index (χ2n) is 7.01. The Morgan fingerprint density at radius 2 is 1.83 bits per heavy atom. The van der Waals surface area contributed by atoms with Gasteiger partial charge in [-0.3, -0.25) is 14.6 Å². The molecule has 0 aliphatic heterocycles. The Hall–Kier alpha value is -3.12. The highest BCUT2D eigenvalue weighted by Crippen LogP contribution is 2.10. The molecule has 0 radical (unpaired) electrons. The van der Waals surface area contributed by atoms with E-state index >= 15 is 0 Å². The fourth-order valence-electron chi connectivity index (χ4n) is 2.77. The van der Waals surface area contributed by atoms with Gasteiger partial charge in [0.2, 0.25) is 0 Å². The molecule has 1 aromatic rings. The number of carbonyl (C=O) groups is 2. The summed E-state index contributed by atoms with van der Waals surface area (Å²) in [6.45, 7) is 5.79. The van der Waals surface area contributed by atoms with Crippen LogP contribution in [0.25, 0.3) is 0 Å². The average molecular weight is 410 g/mol. The first-order valence-corrected chi connectivity index (χ1v) is 10.5. The predicted molar refractivity (Wildman–Crippen MR) is 117 cm³/mol. The van der Waals surface area contributed by atoms with Crippen LogP contribution in [0.5, 0.6) is 0 Å². The number of carbonyl (C=O) groups excluding carboxylic acids is 1. The zero-order valence-electron chi connectivity index (χ0n) is 17.7. The molecule has 0 saturated heterocycles. The van der Waals surface area contributed by atoms with Crippen LogP contribution in [0.15, 0.2) is 31.2 Å². The Labute approximate surface area is 179 Å². The summed E-state index contributed by atoms with van der Waals surface area (Å²) in [5.41, 5.74) is 0.239. The molecule has 160 valence electrons. The number of nitrogens with one attached hydrogen (secondary N) is 1. The molecule has 6 heteroatoms. The topological polar surface area (TPSA) is 92.2 Å². The SMILES string of the molecule is C=C[C@@H](C#CC#C[C@@H](CCCCCCCCC)NC(=O)c1cnccn1)CC(=O)O. The Morgan fingerprint density at radius 1 is 1.13 bits per heavy atom. The molecular formula is C24H31N3O3. The number of rotatable bonds is 13. The van der Waals surface area contributed by atoms with Gasteiger partial charge in [-0.25, -0.2) is 4.98 Å². The summed E-state index contributed by atoms with van der Waals surface area (Å²) in [5.74, 6) is 9.48. The number of unbranched alkanes of at least 4 members (excludes halogenated alkanes) is 6. The highest BCUT2D eigenvalue weighted by atomic mass is 16.4. The molecule has 0 aliphatic rings. The van der Waals surface area contributed by atoms with E-state index in [1.807, 2.05) is 0 Å². The van der Waals surface area contributed by atoms with Gasteiger partial charge in [0.25, 0.3) is 5.91 Å². The van der Waals surface area contributed by atoms with Gasteiger partial charge in [-0.05, 0) is 18.3 Å². The van der Waals surface area contributed by atoms with Gasteiger partial charge >= 0.3 is 5.97 Å². The fraction of sp³-hybridized carbons (Fsp3) is 0.500. The van der Waals surface area contributed by atoms with Crippen LogP contribution >= 0.6 is 0 Å². The summed E-state index contributed by atoms with van der Waals surface area (Å²) in [5, 5.41) is 11.7. The molecule has 0 aliphatic carbocycles. The number of hydrogen-bond acceptors (Lipinski definition) is 4. The lowest BCUT2D eigenvalue weighted by Gasteiger charge is -2.12.